The molecule has 0 unspecified atom stereocenters. The van der Waals surface area contributed by atoms with E-state index in [1.165, 1.54) is 7.05 Å². The molecule has 1 saturated heterocycles. The lowest BCUT2D eigenvalue weighted by atomic mass is 10.3. The Bertz CT molecular complexity index is 182. The maximum atomic E-state index is 11.2. The fraction of sp³-hybridized carbons (Fsp3) is 0.833. The molecule has 76 valence electrons. The standard InChI is InChI=1S/C6H12ClN3O3/c1-10(7)9-5(11)6-12-2-4(8)3-13-6/h4,6H,2-3,8H2,1H3,(H,9,11). The van der Waals surface area contributed by atoms with Crippen molar-refractivity contribution in [1.29, 1.82) is 0 Å². The highest BCUT2D eigenvalue weighted by Gasteiger charge is 2.26. The molecule has 3 N–H and O–H groups in total. The van der Waals surface area contributed by atoms with E-state index in [9.17, 15) is 4.79 Å². The molecule has 0 aromatic carbocycles. The van der Waals surface area contributed by atoms with Crippen molar-refractivity contribution < 1.29 is 14.3 Å². The van der Waals surface area contributed by atoms with Gasteiger partial charge in [0.1, 0.15) is 0 Å². The third kappa shape index (κ3) is 3.45. The molecule has 0 atom stereocenters. The number of carbonyl (C=O) groups is 1. The smallest absolute Gasteiger partial charge is 0.292 e. The number of nitrogens with two attached hydrogens (primary N) is 1. The summed E-state index contributed by atoms with van der Waals surface area (Å²) in [6.07, 6.45) is -0.916. The van der Waals surface area contributed by atoms with Gasteiger partial charge in [0.15, 0.2) is 0 Å². The average molecular weight is 210 g/mol. The zero-order valence-corrected chi connectivity index (χ0v) is 7.95. The maximum absolute atomic E-state index is 11.2. The van der Waals surface area contributed by atoms with Crippen LogP contribution in [0.3, 0.4) is 0 Å². The number of hydrogen-bond donors (Lipinski definition) is 2. The second kappa shape index (κ2) is 4.73. The van der Waals surface area contributed by atoms with Crippen LogP contribution in [0.1, 0.15) is 0 Å². The van der Waals surface area contributed by atoms with Crippen LogP contribution in [0.4, 0.5) is 0 Å². The Hall–Kier alpha value is -0.400. The van der Waals surface area contributed by atoms with Crippen LogP contribution in [0, 0.1) is 0 Å². The molecular formula is C6H12ClN3O3. The van der Waals surface area contributed by atoms with Crippen molar-refractivity contribution in [2.75, 3.05) is 20.3 Å². The second-order valence-corrected chi connectivity index (χ2v) is 3.22. The summed E-state index contributed by atoms with van der Waals surface area (Å²) < 4.78 is 11.0. The van der Waals surface area contributed by atoms with Gasteiger partial charge in [-0.1, -0.05) is 0 Å². The number of carbonyl (C=O) groups excluding carboxylic acids is 1. The van der Waals surface area contributed by atoms with E-state index in [0.29, 0.717) is 13.2 Å². The lowest BCUT2D eigenvalue weighted by Crippen LogP contribution is -2.49. The Morgan fingerprint density at radius 3 is 2.62 bits per heavy atom. The van der Waals surface area contributed by atoms with Crippen LogP contribution in [0.25, 0.3) is 0 Å². The van der Waals surface area contributed by atoms with Gasteiger partial charge in [0.25, 0.3) is 5.91 Å². The lowest BCUT2D eigenvalue weighted by Gasteiger charge is -2.26. The van der Waals surface area contributed by atoms with E-state index in [1.807, 2.05) is 0 Å². The van der Waals surface area contributed by atoms with E-state index < -0.39 is 12.2 Å². The minimum atomic E-state index is -0.916. The number of ether oxygens (including phenoxy) is 2. The monoisotopic (exact) mass is 209 g/mol. The number of nitrogens with one attached hydrogen (secondary N) is 1. The molecule has 0 saturated carbocycles. The molecule has 1 fully saturated rings. The Morgan fingerprint density at radius 1 is 1.62 bits per heavy atom. The summed E-state index contributed by atoms with van der Waals surface area (Å²) in [4.78, 5) is 11.2. The van der Waals surface area contributed by atoms with Crippen LogP contribution in [-0.4, -0.2) is 43.0 Å². The molecule has 0 aromatic heterocycles. The third-order valence-electron chi connectivity index (χ3n) is 1.40. The van der Waals surface area contributed by atoms with Gasteiger partial charge in [-0.3, -0.25) is 10.2 Å². The highest BCUT2D eigenvalue weighted by molar-refractivity contribution is 6.13. The Balaban J connectivity index is 2.31. The van der Waals surface area contributed by atoms with Crippen molar-refractivity contribution in [3.63, 3.8) is 0 Å². The quantitative estimate of drug-likeness (QED) is 0.442. The molecule has 7 heteroatoms. The number of hydrazine groups is 1. The molecule has 0 radical (unpaired) electrons. The van der Waals surface area contributed by atoms with Gasteiger partial charge in [-0.25, -0.2) is 0 Å². The molecule has 0 spiro atoms. The summed E-state index contributed by atoms with van der Waals surface area (Å²) in [5.41, 5.74) is 7.78. The minimum Gasteiger partial charge on any atom is -0.343 e. The molecule has 13 heavy (non-hydrogen) atoms. The Morgan fingerprint density at radius 2 is 2.15 bits per heavy atom. The van der Waals surface area contributed by atoms with Gasteiger partial charge >= 0.3 is 0 Å². The predicted octanol–water partition coefficient (Wildman–Crippen LogP) is -1.20. The normalized spacial score (nSPS) is 28.9. The molecule has 6 nitrogen and oxygen atoms in total. The van der Waals surface area contributed by atoms with Crippen molar-refractivity contribution in [2.45, 2.75) is 12.3 Å². The van der Waals surface area contributed by atoms with Crippen molar-refractivity contribution in [1.82, 2.24) is 9.95 Å². The SMILES string of the molecule is CN(Cl)NC(=O)C1OCC(N)CO1. The highest BCUT2D eigenvalue weighted by Crippen LogP contribution is 2.04. The average Bonchev–Trinajstić information content (AvgIpc) is 2.04. The first-order chi connectivity index (χ1) is 6.09. The van der Waals surface area contributed by atoms with Crippen molar-refractivity contribution in [2.24, 2.45) is 5.73 Å². The summed E-state index contributed by atoms with van der Waals surface area (Å²) in [6, 6.07) is -0.169. The van der Waals surface area contributed by atoms with E-state index >= 15 is 0 Å². The van der Waals surface area contributed by atoms with E-state index in [2.05, 4.69) is 5.43 Å². The van der Waals surface area contributed by atoms with Crippen LogP contribution >= 0.6 is 11.8 Å². The summed E-state index contributed by atoms with van der Waals surface area (Å²) >= 11 is 5.39. The van der Waals surface area contributed by atoms with Crippen molar-refractivity contribution >= 4 is 17.7 Å². The van der Waals surface area contributed by atoms with Crippen LogP contribution in [-0.2, 0) is 14.3 Å². The maximum Gasteiger partial charge on any atom is 0.292 e. The number of amides is 1. The summed E-state index contributed by atoms with van der Waals surface area (Å²) in [7, 11) is 1.48. The molecule has 1 rings (SSSR count). The molecule has 1 aliphatic rings. The van der Waals surface area contributed by atoms with Gasteiger partial charge in [-0.05, 0) is 11.8 Å². The third-order valence-corrected chi connectivity index (χ3v) is 1.49. The topological polar surface area (TPSA) is 76.8 Å². The number of nitrogens with zero attached hydrogens (tertiary/aromatic N) is 1. The molecule has 0 bridgehead atoms. The van der Waals surface area contributed by atoms with Crippen molar-refractivity contribution in [3.05, 3.63) is 0 Å². The largest absolute Gasteiger partial charge is 0.343 e. The fourth-order valence-corrected chi connectivity index (χ4v) is 0.957. The van der Waals surface area contributed by atoms with Gasteiger partial charge in [-0.15, -0.1) is 4.53 Å². The Labute approximate surface area is 81.0 Å². The number of hydrogen-bond acceptors (Lipinski definition) is 5. The van der Waals surface area contributed by atoms with E-state index in [-0.39, 0.29) is 6.04 Å². The van der Waals surface area contributed by atoms with Crippen LogP contribution in [0.2, 0.25) is 0 Å². The number of halogens is 1. The van der Waals surface area contributed by atoms with Gasteiger partial charge in [-0.2, -0.15) is 0 Å². The minimum absolute atomic E-state index is 0.169. The lowest BCUT2D eigenvalue weighted by molar-refractivity contribution is -0.196. The van der Waals surface area contributed by atoms with Crippen LogP contribution in [0.15, 0.2) is 0 Å². The first kappa shape index (κ1) is 10.7. The number of rotatable bonds is 2. The Kier molecular flexibility index (Phi) is 3.89. The van der Waals surface area contributed by atoms with Gasteiger partial charge in [0.05, 0.1) is 19.3 Å². The molecule has 1 aliphatic heterocycles. The molecule has 1 amide bonds. The first-order valence-corrected chi connectivity index (χ1v) is 4.12. The van der Waals surface area contributed by atoms with E-state index in [1.54, 1.807) is 0 Å². The van der Waals surface area contributed by atoms with Gasteiger partial charge in [0.2, 0.25) is 6.29 Å². The first-order valence-electron chi connectivity index (χ1n) is 3.78. The van der Waals surface area contributed by atoms with E-state index in [4.69, 9.17) is 27.0 Å². The molecular weight excluding hydrogens is 198 g/mol. The van der Waals surface area contributed by atoms with Gasteiger partial charge < -0.3 is 15.2 Å². The molecule has 0 aromatic rings. The van der Waals surface area contributed by atoms with Crippen LogP contribution in [0.5, 0.6) is 0 Å². The summed E-state index contributed by atoms with van der Waals surface area (Å²) in [5.74, 6) is -0.440. The molecule has 0 aliphatic carbocycles. The van der Waals surface area contributed by atoms with Gasteiger partial charge in [0, 0.05) is 7.05 Å². The summed E-state index contributed by atoms with van der Waals surface area (Å²) in [6.45, 7) is 0.619. The zero-order chi connectivity index (χ0) is 9.84. The second-order valence-electron chi connectivity index (χ2n) is 2.71. The fourth-order valence-electron chi connectivity index (χ4n) is 0.874. The zero-order valence-electron chi connectivity index (χ0n) is 7.20. The van der Waals surface area contributed by atoms with Crippen molar-refractivity contribution in [3.8, 4) is 0 Å². The van der Waals surface area contributed by atoms with Crippen LogP contribution < -0.4 is 11.2 Å². The van der Waals surface area contributed by atoms with E-state index in [0.717, 1.165) is 4.53 Å². The summed E-state index contributed by atoms with van der Waals surface area (Å²) in [5, 5.41) is 0. The predicted molar refractivity (Wildman–Crippen MR) is 45.4 cm³/mol. The molecule has 1 heterocycles. The highest BCUT2D eigenvalue weighted by atomic mass is 35.5.